The summed E-state index contributed by atoms with van der Waals surface area (Å²) in [6.45, 7) is 3.87. The molecular weight excluding hydrogens is 264 g/mol. The number of aliphatic hydroxyl groups excluding tert-OH is 1. The van der Waals surface area contributed by atoms with Crippen LogP contribution in [0.1, 0.15) is 11.1 Å². The third-order valence-electron chi connectivity index (χ3n) is 2.87. The van der Waals surface area contributed by atoms with Gasteiger partial charge in [-0.15, -0.1) is 6.58 Å². The second-order valence-corrected chi connectivity index (χ2v) is 4.46. The first-order chi connectivity index (χ1) is 10.2. The highest BCUT2D eigenvalue weighted by Crippen LogP contribution is 2.26. The smallest absolute Gasteiger partial charge is 0.160 e. The van der Waals surface area contributed by atoms with Gasteiger partial charge >= 0.3 is 0 Å². The first-order valence-electron chi connectivity index (χ1n) is 6.82. The van der Waals surface area contributed by atoms with Crippen LogP contribution in [0.4, 0.5) is 0 Å². The number of allylic oxidation sites excluding steroid dienone is 1. The Bertz CT molecular complexity index is 535. The highest BCUT2D eigenvalue weighted by Gasteiger charge is 2.00. The van der Waals surface area contributed by atoms with Crippen molar-refractivity contribution in [2.45, 2.75) is 12.8 Å². The summed E-state index contributed by atoms with van der Waals surface area (Å²) in [7, 11) is 1.53. The number of phenolic OH excluding ortho intramolecular Hbond substituents is 1. The van der Waals surface area contributed by atoms with Gasteiger partial charge in [-0.25, -0.2) is 0 Å². The van der Waals surface area contributed by atoms with Crippen molar-refractivity contribution >= 4 is 0 Å². The van der Waals surface area contributed by atoms with E-state index < -0.39 is 0 Å². The summed E-state index contributed by atoms with van der Waals surface area (Å²) in [6, 6.07) is 15.2. The van der Waals surface area contributed by atoms with Crippen LogP contribution in [-0.4, -0.2) is 23.9 Å². The van der Waals surface area contributed by atoms with Crippen LogP contribution >= 0.6 is 0 Å². The highest BCUT2D eigenvalue weighted by atomic mass is 16.5. The lowest BCUT2D eigenvalue weighted by Gasteiger charge is -2.04. The number of ether oxygens (including phenoxy) is 1. The maximum atomic E-state index is 9.25. The number of benzene rings is 2. The van der Waals surface area contributed by atoms with E-state index in [0.29, 0.717) is 5.75 Å². The fraction of sp³-hybridized carbons (Fsp3) is 0.222. The average molecular weight is 286 g/mol. The van der Waals surface area contributed by atoms with Crippen molar-refractivity contribution in [1.82, 2.24) is 0 Å². The number of hydrogen-bond acceptors (Lipinski definition) is 3. The Morgan fingerprint density at radius 2 is 1.81 bits per heavy atom. The third kappa shape index (κ3) is 6.15. The molecule has 0 bridgehead atoms. The topological polar surface area (TPSA) is 49.7 Å². The molecule has 0 heterocycles. The van der Waals surface area contributed by atoms with E-state index in [-0.39, 0.29) is 12.4 Å². The Labute approximate surface area is 126 Å². The normalized spacial score (nSPS) is 9.43. The molecule has 0 saturated carbocycles. The summed E-state index contributed by atoms with van der Waals surface area (Å²) in [6.07, 6.45) is 3.36. The van der Waals surface area contributed by atoms with Gasteiger partial charge in [0.25, 0.3) is 0 Å². The first-order valence-corrected chi connectivity index (χ1v) is 6.82. The Hall–Kier alpha value is -2.26. The standard InChI is InChI=1S/C10H12O2.C8H10O/c1-3-4-8-5-6-9(11)10(7-8)12-2;9-7-6-8-4-2-1-3-5-8/h3,5-7,11H,1,4H2,2H3;1-5,9H,6-7H2. The second kappa shape index (κ2) is 9.61. The zero-order chi connectivity index (χ0) is 15.5. The van der Waals surface area contributed by atoms with Crippen LogP contribution in [0.2, 0.25) is 0 Å². The molecule has 112 valence electrons. The second-order valence-electron chi connectivity index (χ2n) is 4.46. The lowest BCUT2D eigenvalue weighted by Crippen LogP contribution is -1.88. The molecule has 2 aromatic rings. The van der Waals surface area contributed by atoms with Crippen molar-refractivity contribution in [2.75, 3.05) is 13.7 Å². The fourth-order valence-electron chi connectivity index (χ4n) is 1.79. The maximum Gasteiger partial charge on any atom is 0.160 e. The van der Waals surface area contributed by atoms with Crippen LogP contribution in [-0.2, 0) is 12.8 Å². The van der Waals surface area contributed by atoms with Crippen LogP contribution in [0.15, 0.2) is 61.2 Å². The summed E-state index contributed by atoms with van der Waals surface area (Å²) < 4.78 is 4.95. The van der Waals surface area contributed by atoms with Gasteiger partial charge in [0.1, 0.15) is 0 Å². The van der Waals surface area contributed by atoms with E-state index in [1.54, 1.807) is 12.1 Å². The van der Waals surface area contributed by atoms with Crippen LogP contribution < -0.4 is 4.74 Å². The van der Waals surface area contributed by atoms with Crippen LogP contribution in [0.25, 0.3) is 0 Å². The van der Waals surface area contributed by atoms with Gasteiger partial charge < -0.3 is 14.9 Å². The molecule has 2 N–H and O–H groups in total. The maximum absolute atomic E-state index is 9.25. The zero-order valence-electron chi connectivity index (χ0n) is 12.3. The van der Waals surface area contributed by atoms with Gasteiger partial charge in [-0.2, -0.15) is 0 Å². The minimum Gasteiger partial charge on any atom is -0.504 e. The minimum absolute atomic E-state index is 0.172. The largest absolute Gasteiger partial charge is 0.504 e. The van der Waals surface area contributed by atoms with Gasteiger partial charge in [-0.1, -0.05) is 42.5 Å². The lowest BCUT2D eigenvalue weighted by molar-refractivity contribution is 0.299. The van der Waals surface area contributed by atoms with E-state index in [1.807, 2.05) is 42.5 Å². The molecule has 21 heavy (non-hydrogen) atoms. The van der Waals surface area contributed by atoms with Gasteiger partial charge in [0.15, 0.2) is 11.5 Å². The van der Waals surface area contributed by atoms with E-state index in [2.05, 4.69) is 6.58 Å². The van der Waals surface area contributed by atoms with Crippen LogP contribution in [0.5, 0.6) is 11.5 Å². The predicted octanol–water partition coefficient (Wildman–Crippen LogP) is 3.35. The molecule has 3 nitrogen and oxygen atoms in total. The molecule has 0 unspecified atom stereocenters. The molecule has 0 aliphatic rings. The molecule has 0 radical (unpaired) electrons. The van der Waals surface area contributed by atoms with Gasteiger partial charge in [0.05, 0.1) is 7.11 Å². The number of phenols is 1. The minimum atomic E-state index is 0.172. The molecule has 0 aliphatic carbocycles. The summed E-state index contributed by atoms with van der Waals surface area (Å²) >= 11 is 0. The van der Waals surface area contributed by atoms with Crippen LogP contribution in [0.3, 0.4) is 0 Å². The molecule has 0 atom stereocenters. The predicted molar refractivity (Wildman–Crippen MR) is 85.8 cm³/mol. The van der Waals surface area contributed by atoms with Crippen molar-refractivity contribution in [3.63, 3.8) is 0 Å². The molecular formula is C18H22O3. The first kappa shape index (κ1) is 16.8. The van der Waals surface area contributed by atoms with Gasteiger partial charge in [0.2, 0.25) is 0 Å². The monoisotopic (exact) mass is 286 g/mol. The summed E-state index contributed by atoms with van der Waals surface area (Å²) in [5.41, 5.74) is 2.28. The SMILES string of the molecule is C=CCc1ccc(O)c(OC)c1.OCCc1ccccc1. The number of methoxy groups -OCH3 is 1. The summed E-state index contributed by atoms with van der Waals surface area (Å²) in [5.74, 6) is 0.680. The number of aliphatic hydroxyl groups is 1. The Balaban J connectivity index is 0.000000219. The summed E-state index contributed by atoms with van der Waals surface area (Å²) in [4.78, 5) is 0. The number of rotatable bonds is 5. The number of hydrogen-bond donors (Lipinski definition) is 2. The molecule has 3 heteroatoms. The molecule has 0 saturated heterocycles. The molecule has 0 fully saturated rings. The Morgan fingerprint density at radius 3 is 2.38 bits per heavy atom. The van der Waals surface area contributed by atoms with Gasteiger partial charge in [-0.3, -0.25) is 0 Å². The van der Waals surface area contributed by atoms with Crippen LogP contribution in [0, 0.1) is 0 Å². The van der Waals surface area contributed by atoms with E-state index in [0.717, 1.165) is 18.4 Å². The third-order valence-corrected chi connectivity index (χ3v) is 2.87. The molecule has 0 aliphatic heterocycles. The van der Waals surface area contributed by atoms with E-state index in [1.165, 1.54) is 12.7 Å². The van der Waals surface area contributed by atoms with Gasteiger partial charge in [-0.05, 0) is 36.1 Å². The Morgan fingerprint density at radius 1 is 1.10 bits per heavy atom. The molecule has 0 spiro atoms. The van der Waals surface area contributed by atoms with E-state index >= 15 is 0 Å². The van der Waals surface area contributed by atoms with Crippen molar-refractivity contribution in [3.05, 3.63) is 72.3 Å². The molecule has 0 aromatic heterocycles. The zero-order valence-corrected chi connectivity index (χ0v) is 12.3. The van der Waals surface area contributed by atoms with Crippen molar-refractivity contribution in [1.29, 1.82) is 0 Å². The van der Waals surface area contributed by atoms with Gasteiger partial charge in [0, 0.05) is 6.61 Å². The summed E-state index contributed by atoms with van der Waals surface area (Å²) in [5, 5.41) is 17.8. The molecule has 0 amide bonds. The quantitative estimate of drug-likeness (QED) is 0.829. The fourth-order valence-corrected chi connectivity index (χ4v) is 1.79. The molecule has 2 rings (SSSR count). The van der Waals surface area contributed by atoms with Crippen molar-refractivity contribution in [2.24, 2.45) is 0 Å². The number of aromatic hydroxyl groups is 1. The molecule has 2 aromatic carbocycles. The van der Waals surface area contributed by atoms with E-state index in [9.17, 15) is 5.11 Å². The van der Waals surface area contributed by atoms with Crippen molar-refractivity contribution in [3.8, 4) is 11.5 Å². The van der Waals surface area contributed by atoms with Crippen molar-refractivity contribution < 1.29 is 14.9 Å². The Kier molecular flexibility index (Phi) is 7.69. The average Bonchev–Trinajstić information content (AvgIpc) is 2.51. The van der Waals surface area contributed by atoms with E-state index in [4.69, 9.17) is 9.84 Å². The highest BCUT2D eigenvalue weighted by molar-refractivity contribution is 5.42. The lowest BCUT2D eigenvalue weighted by atomic mass is 10.1.